The van der Waals surface area contributed by atoms with Crippen LogP contribution in [-0.4, -0.2) is 51.6 Å². The van der Waals surface area contributed by atoms with E-state index in [0.717, 1.165) is 17.0 Å². The number of rotatable bonds is 6. The van der Waals surface area contributed by atoms with Crippen LogP contribution >= 0.6 is 0 Å². The minimum absolute atomic E-state index is 0.0237. The molecule has 1 aliphatic rings. The predicted molar refractivity (Wildman–Crippen MR) is 147 cm³/mol. The molecule has 1 fully saturated rings. The van der Waals surface area contributed by atoms with E-state index in [1.807, 2.05) is 0 Å². The van der Waals surface area contributed by atoms with Gasteiger partial charge in [0.05, 0.1) is 35.0 Å². The van der Waals surface area contributed by atoms with Crippen molar-refractivity contribution in [1.82, 2.24) is 4.98 Å². The molecule has 44 heavy (non-hydrogen) atoms. The maximum absolute atomic E-state index is 14.1. The highest BCUT2D eigenvalue weighted by Gasteiger charge is 2.44. The summed E-state index contributed by atoms with van der Waals surface area (Å²) in [6.07, 6.45) is -9.96. The van der Waals surface area contributed by atoms with Crippen molar-refractivity contribution in [3.63, 3.8) is 0 Å². The van der Waals surface area contributed by atoms with E-state index < -0.39 is 64.6 Å². The Kier molecular flexibility index (Phi) is 8.52. The van der Waals surface area contributed by atoms with Crippen LogP contribution in [0.5, 0.6) is 0 Å². The van der Waals surface area contributed by atoms with Crippen LogP contribution in [0.4, 0.5) is 42.2 Å². The van der Waals surface area contributed by atoms with Gasteiger partial charge in [-0.15, -0.1) is 0 Å². The number of halogens is 7. The van der Waals surface area contributed by atoms with Crippen molar-refractivity contribution >= 4 is 17.4 Å². The molecule has 14 heteroatoms. The van der Waals surface area contributed by atoms with E-state index in [-0.39, 0.29) is 47.2 Å². The van der Waals surface area contributed by atoms with Crippen molar-refractivity contribution in [1.29, 1.82) is 0 Å². The Morgan fingerprint density at radius 3 is 2.07 bits per heavy atom. The van der Waals surface area contributed by atoms with Crippen LogP contribution in [0, 0.1) is 5.82 Å². The van der Waals surface area contributed by atoms with E-state index in [4.69, 9.17) is 0 Å². The Hall–Kier alpha value is -3.75. The summed E-state index contributed by atoms with van der Waals surface area (Å²) in [5.41, 5.74) is -6.80. The van der Waals surface area contributed by atoms with Gasteiger partial charge in [-0.05, 0) is 80.3 Å². The molecule has 3 N–H and O–H groups in total. The van der Waals surface area contributed by atoms with Crippen LogP contribution in [0.15, 0.2) is 48.7 Å². The number of amides is 1. The fraction of sp³-hybridized carbons (Fsp3) is 0.400. The molecule has 2 aromatic carbocycles. The molecule has 238 valence electrons. The van der Waals surface area contributed by atoms with Gasteiger partial charge in [-0.3, -0.25) is 4.79 Å². The SMILES string of the molecule is CN(C(=O)C(C)(C)c1cc(C(F)(F)F)cc(C(F)(F)F)c1)c1cnc(N2CC[C@H](O)[C@@]2(C)O)cc1-c1ccc(F)cc1CO. The van der Waals surface area contributed by atoms with E-state index in [1.54, 1.807) is 0 Å². The lowest BCUT2D eigenvalue weighted by Crippen LogP contribution is -2.48. The number of aliphatic hydroxyl groups excluding tert-OH is 2. The minimum atomic E-state index is -5.12. The summed E-state index contributed by atoms with van der Waals surface area (Å²) >= 11 is 0. The summed E-state index contributed by atoms with van der Waals surface area (Å²) in [6.45, 7) is 3.30. The van der Waals surface area contributed by atoms with Crippen molar-refractivity contribution in [2.24, 2.45) is 0 Å². The first-order chi connectivity index (χ1) is 20.2. The van der Waals surface area contributed by atoms with Gasteiger partial charge in [0, 0.05) is 19.2 Å². The molecule has 7 nitrogen and oxygen atoms in total. The molecule has 0 unspecified atom stereocenters. The average Bonchev–Trinajstić information content (AvgIpc) is 3.21. The number of hydrogen-bond donors (Lipinski definition) is 3. The molecule has 0 aliphatic carbocycles. The van der Waals surface area contributed by atoms with Crippen molar-refractivity contribution in [2.75, 3.05) is 23.4 Å². The van der Waals surface area contributed by atoms with Crippen LogP contribution in [0.25, 0.3) is 11.1 Å². The van der Waals surface area contributed by atoms with Crippen LogP contribution in [0.2, 0.25) is 0 Å². The van der Waals surface area contributed by atoms with Gasteiger partial charge in [-0.1, -0.05) is 6.07 Å². The highest BCUT2D eigenvalue weighted by atomic mass is 19.4. The number of pyridine rings is 1. The van der Waals surface area contributed by atoms with E-state index in [2.05, 4.69) is 4.98 Å². The van der Waals surface area contributed by atoms with Crippen molar-refractivity contribution in [3.8, 4) is 11.1 Å². The number of carbonyl (C=O) groups is 1. The molecule has 1 amide bonds. The summed E-state index contributed by atoms with van der Waals surface area (Å²) in [5, 5.41) is 31.1. The third-order valence-corrected chi connectivity index (χ3v) is 7.99. The van der Waals surface area contributed by atoms with Gasteiger partial charge in [0.2, 0.25) is 5.91 Å². The van der Waals surface area contributed by atoms with Crippen molar-refractivity contribution in [2.45, 2.75) is 63.4 Å². The second-order valence-electron chi connectivity index (χ2n) is 11.4. The number of anilines is 2. The van der Waals surface area contributed by atoms with E-state index in [1.165, 1.54) is 51.0 Å². The maximum atomic E-state index is 14.1. The fourth-order valence-electron chi connectivity index (χ4n) is 5.27. The van der Waals surface area contributed by atoms with E-state index in [0.29, 0.717) is 12.1 Å². The fourth-order valence-corrected chi connectivity index (χ4v) is 5.27. The normalized spacial score (nSPS) is 19.4. The lowest BCUT2D eigenvalue weighted by molar-refractivity contribution is -0.143. The monoisotopic (exact) mass is 629 g/mol. The van der Waals surface area contributed by atoms with Crippen LogP contribution in [-0.2, 0) is 29.2 Å². The summed E-state index contributed by atoms with van der Waals surface area (Å²) < 4.78 is 95.5. The number of aliphatic hydroxyl groups is 3. The molecule has 2 atom stereocenters. The molecular formula is C30H30F7N3O4. The number of alkyl halides is 6. The topological polar surface area (TPSA) is 97.1 Å². The largest absolute Gasteiger partial charge is 0.416 e. The standard InChI is InChI=1S/C30H30F7N3O4/c1-27(2,17-10-18(29(32,33)34)12-19(11-17)30(35,36)37)26(43)39(4)23-14-38-25(40-8-7-24(42)28(40,3)44)13-22(23)21-6-5-20(31)9-16(21)15-41/h5-6,9-14,24,41-42,44H,7-8,15H2,1-4H3/t24-,28+/m0/s1. The van der Waals surface area contributed by atoms with Gasteiger partial charge in [0.1, 0.15) is 17.7 Å². The number of carbonyl (C=O) groups excluding carboxylic acids is 1. The molecule has 0 saturated carbocycles. The number of nitrogens with zero attached hydrogens (tertiary/aromatic N) is 3. The number of benzene rings is 2. The molecule has 1 saturated heterocycles. The molecule has 0 radical (unpaired) electrons. The van der Waals surface area contributed by atoms with Crippen LogP contribution in [0.1, 0.15) is 49.4 Å². The van der Waals surface area contributed by atoms with Gasteiger partial charge in [0.15, 0.2) is 5.72 Å². The Labute approximate surface area is 248 Å². The van der Waals surface area contributed by atoms with Gasteiger partial charge in [0.25, 0.3) is 0 Å². The summed E-state index contributed by atoms with van der Waals surface area (Å²) in [6, 6.07) is 5.87. The third kappa shape index (κ3) is 6.10. The Bertz CT molecular complexity index is 1540. The first-order valence-corrected chi connectivity index (χ1v) is 13.4. The lowest BCUT2D eigenvalue weighted by Gasteiger charge is -2.34. The molecule has 3 aromatic rings. The molecule has 2 heterocycles. The van der Waals surface area contributed by atoms with Crippen LogP contribution < -0.4 is 9.80 Å². The van der Waals surface area contributed by atoms with Gasteiger partial charge in [-0.2, -0.15) is 26.3 Å². The predicted octanol–water partition coefficient (Wildman–Crippen LogP) is 5.64. The second kappa shape index (κ2) is 11.3. The third-order valence-electron chi connectivity index (χ3n) is 7.99. The molecular weight excluding hydrogens is 599 g/mol. The average molecular weight is 630 g/mol. The zero-order chi connectivity index (χ0) is 33.0. The first-order valence-electron chi connectivity index (χ1n) is 13.4. The number of likely N-dealkylation sites (N-methyl/N-ethyl adjacent to an activating group) is 1. The highest BCUT2D eigenvalue weighted by Crippen LogP contribution is 2.42. The van der Waals surface area contributed by atoms with Crippen molar-refractivity contribution in [3.05, 3.63) is 76.7 Å². The van der Waals surface area contributed by atoms with Crippen LogP contribution in [0.3, 0.4) is 0 Å². The van der Waals surface area contributed by atoms with E-state index >= 15 is 0 Å². The summed E-state index contributed by atoms with van der Waals surface area (Å²) in [5.74, 6) is -1.43. The van der Waals surface area contributed by atoms with E-state index in [9.17, 15) is 50.8 Å². The first kappa shape index (κ1) is 33.1. The molecule has 1 aliphatic heterocycles. The number of aromatic nitrogens is 1. The lowest BCUT2D eigenvalue weighted by atomic mass is 9.81. The second-order valence-corrected chi connectivity index (χ2v) is 11.4. The zero-order valence-electron chi connectivity index (χ0n) is 24.1. The Morgan fingerprint density at radius 1 is 1.00 bits per heavy atom. The Balaban J connectivity index is 1.87. The van der Waals surface area contributed by atoms with Gasteiger partial charge >= 0.3 is 12.4 Å². The molecule has 1 aromatic heterocycles. The minimum Gasteiger partial charge on any atom is -0.392 e. The maximum Gasteiger partial charge on any atom is 0.416 e. The van der Waals surface area contributed by atoms with Gasteiger partial charge in [-0.25, -0.2) is 9.37 Å². The van der Waals surface area contributed by atoms with Gasteiger partial charge < -0.3 is 25.1 Å². The number of hydrogen-bond acceptors (Lipinski definition) is 6. The molecule has 0 bridgehead atoms. The quantitative estimate of drug-likeness (QED) is 0.306. The zero-order valence-corrected chi connectivity index (χ0v) is 24.1. The molecule has 4 rings (SSSR count). The summed E-state index contributed by atoms with van der Waals surface area (Å²) in [7, 11) is 1.25. The molecule has 0 spiro atoms. The summed E-state index contributed by atoms with van der Waals surface area (Å²) in [4.78, 5) is 20.6. The Morgan fingerprint density at radius 2 is 1.57 bits per heavy atom. The van der Waals surface area contributed by atoms with Crippen molar-refractivity contribution < 1.29 is 50.8 Å². The smallest absolute Gasteiger partial charge is 0.392 e. The highest BCUT2D eigenvalue weighted by molar-refractivity contribution is 6.03.